The number of amides is 1. The topological polar surface area (TPSA) is 84.1 Å². The highest BCUT2D eigenvalue weighted by Crippen LogP contribution is 2.25. The van der Waals surface area contributed by atoms with Crippen LogP contribution in [0.5, 0.6) is 0 Å². The molecule has 6 heteroatoms. The van der Waals surface area contributed by atoms with E-state index in [-0.39, 0.29) is 23.5 Å². The number of rotatable bonds is 6. The summed E-state index contributed by atoms with van der Waals surface area (Å²) in [5.74, 6) is -0.231. The summed E-state index contributed by atoms with van der Waals surface area (Å²) in [6.45, 7) is 8.19. The molecule has 0 saturated heterocycles. The van der Waals surface area contributed by atoms with E-state index < -0.39 is 0 Å². The molecule has 1 heterocycles. The summed E-state index contributed by atoms with van der Waals surface area (Å²) in [5.41, 5.74) is 4.21. The van der Waals surface area contributed by atoms with Crippen molar-refractivity contribution in [1.82, 2.24) is 9.88 Å². The number of carbonyl (C=O) groups is 2. The number of hydrogen-bond acceptors (Lipinski definition) is 4. The van der Waals surface area contributed by atoms with E-state index in [0.29, 0.717) is 18.1 Å². The van der Waals surface area contributed by atoms with Gasteiger partial charge in [-0.05, 0) is 81.5 Å². The van der Waals surface area contributed by atoms with Crippen molar-refractivity contribution in [3.63, 3.8) is 0 Å². The minimum absolute atomic E-state index is 0.112. The summed E-state index contributed by atoms with van der Waals surface area (Å²) in [4.78, 5) is 24.7. The molecule has 0 unspecified atom stereocenters. The highest BCUT2D eigenvalue weighted by Gasteiger charge is 2.24. The Kier molecular flexibility index (Phi) is 7.53. The quantitative estimate of drug-likeness (QED) is 0.400. The Morgan fingerprint density at radius 2 is 1.91 bits per heavy atom. The van der Waals surface area contributed by atoms with E-state index >= 15 is 0 Å². The minimum atomic E-state index is -0.347. The Balaban J connectivity index is 1.84. The van der Waals surface area contributed by atoms with E-state index in [1.165, 1.54) is 6.42 Å². The molecule has 3 rings (SSSR count). The first-order valence-corrected chi connectivity index (χ1v) is 11.2. The van der Waals surface area contributed by atoms with Crippen molar-refractivity contribution in [2.45, 2.75) is 59.4 Å². The predicted octanol–water partition coefficient (Wildman–Crippen LogP) is 4.87. The van der Waals surface area contributed by atoms with Crippen molar-refractivity contribution in [2.24, 2.45) is 5.92 Å². The van der Waals surface area contributed by atoms with Crippen LogP contribution in [0.4, 0.5) is 0 Å². The second-order valence-corrected chi connectivity index (χ2v) is 8.44. The lowest BCUT2D eigenvalue weighted by molar-refractivity contribution is -0.118. The second-order valence-electron chi connectivity index (χ2n) is 8.44. The van der Waals surface area contributed by atoms with Crippen LogP contribution in [0, 0.1) is 31.1 Å². The van der Waals surface area contributed by atoms with E-state index in [4.69, 9.17) is 4.74 Å². The lowest BCUT2D eigenvalue weighted by Crippen LogP contribution is -2.41. The third-order valence-electron chi connectivity index (χ3n) is 6.20. The van der Waals surface area contributed by atoms with Crippen LogP contribution in [-0.2, 0) is 9.53 Å². The van der Waals surface area contributed by atoms with Crippen LogP contribution in [-0.4, -0.2) is 29.1 Å². The first kappa shape index (κ1) is 23.3. The van der Waals surface area contributed by atoms with E-state index in [1.54, 1.807) is 25.1 Å². The molecule has 1 aromatic carbocycles. The Morgan fingerprint density at radius 3 is 2.53 bits per heavy atom. The number of esters is 1. The van der Waals surface area contributed by atoms with Crippen LogP contribution in [0.3, 0.4) is 0 Å². The normalized spacial score (nSPS) is 18.7. The van der Waals surface area contributed by atoms with Crippen molar-refractivity contribution in [2.75, 3.05) is 6.61 Å². The lowest BCUT2D eigenvalue weighted by Gasteiger charge is -2.29. The standard InChI is InChI=1S/C26H31N3O3/c1-5-32-26(31)20-10-12-23(13-11-20)29-18(3)14-21(19(29)4)15-22(16-27)25(30)28-24-9-7-6-8-17(24)2/h10-15,17,24H,5-9H2,1-4H3,(H,28,30)/b22-15+/t17-,24+/m0/s1. The minimum Gasteiger partial charge on any atom is -0.462 e. The van der Waals surface area contributed by atoms with Crippen LogP contribution in [0.1, 0.15) is 66.8 Å². The highest BCUT2D eigenvalue weighted by molar-refractivity contribution is 6.02. The van der Waals surface area contributed by atoms with Gasteiger partial charge in [0, 0.05) is 23.1 Å². The molecule has 2 aromatic rings. The average Bonchev–Trinajstić information content (AvgIpc) is 3.06. The van der Waals surface area contributed by atoms with Gasteiger partial charge in [-0.1, -0.05) is 19.8 Å². The van der Waals surface area contributed by atoms with Gasteiger partial charge in [0.1, 0.15) is 11.6 Å². The van der Waals surface area contributed by atoms with Crippen molar-refractivity contribution >= 4 is 18.0 Å². The number of hydrogen-bond donors (Lipinski definition) is 1. The molecular formula is C26H31N3O3. The number of ether oxygens (including phenoxy) is 1. The molecule has 1 saturated carbocycles. The fraction of sp³-hybridized carbons (Fsp3) is 0.423. The first-order valence-electron chi connectivity index (χ1n) is 11.2. The lowest BCUT2D eigenvalue weighted by atomic mass is 9.86. The fourth-order valence-corrected chi connectivity index (χ4v) is 4.37. The Labute approximate surface area is 189 Å². The van der Waals surface area contributed by atoms with Gasteiger partial charge >= 0.3 is 5.97 Å². The Bertz CT molecular complexity index is 1060. The Hall–Kier alpha value is -3.33. The van der Waals surface area contributed by atoms with Gasteiger partial charge in [-0.15, -0.1) is 0 Å². The molecule has 0 radical (unpaired) electrons. The van der Waals surface area contributed by atoms with Gasteiger partial charge in [0.25, 0.3) is 5.91 Å². The van der Waals surface area contributed by atoms with Gasteiger partial charge in [-0.25, -0.2) is 4.79 Å². The SMILES string of the molecule is CCOC(=O)c1ccc(-n2c(C)cc(/C=C(\C#N)C(=O)N[C@@H]3CCCC[C@@H]3C)c2C)cc1. The van der Waals surface area contributed by atoms with Gasteiger partial charge in [-0.2, -0.15) is 5.26 Å². The predicted molar refractivity (Wildman–Crippen MR) is 124 cm³/mol. The highest BCUT2D eigenvalue weighted by atomic mass is 16.5. The molecule has 2 atom stereocenters. The molecule has 6 nitrogen and oxygen atoms in total. The molecule has 168 valence electrons. The zero-order valence-electron chi connectivity index (χ0n) is 19.3. The smallest absolute Gasteiger partial charge is 0.338 e. The maximum Gasteiger partial charge on any atom is 0.338 e. The number of aromatic nitrogens is 1. The number of nitriles is 1. The van der Waals surface area contributed by atoms with E-state index in [0.717, 1.165) is 41.9 Å². The van der Waals surface area contributed by atoms with Crippen LogP contribution in [0.2, 0.25) is 0 Å². The summed E-state index contributed by atoms with van der Waals surface area (Å²) < 4.78 is 7.08. The van der Waals surface area contributed by atoms with Gasteiger partial charge in [0.2, 0.25) is 0 Å². The number of aryl methyl sites for hydroxylation is 1. The Morgan fingerprint density at radius 1 is 1.22 bits per heavy atom. The summed E-state index contributed by atoms with van der Waals surface area (Å²) >= 11 is 0. The third-order valence-corrected chi connectivity index (χ3v) is 6.20. The fourth-order valence-electron chi connectivity index (χ4n) is 4.37. The third kappa shape index (κ3) is 5.11. The average molecular weight is 434 g/mol. The molecule has 1 fully saturated rings. The van der Waals surface area contributed by atoms with Gasteiger partial charge < -0.3 is 14.6 Å². The van der Waals surface area contributed by atoms with Gasteiger partial charge in [0.15, 0.2) is 0 Å². The van der Waals surface area contributed by atoms with Crippen molar-refractivity contribution < 1.29 is 14.3 Å². The molecule has 0 bridgehead atoms. The summed E-state index contributed by atoms with van der Waals surface area (Å²) in [7, 11) is 0. The number of benzene rings is 1. The monoisotopic (exact) mass is 433 g/mol. The molecule has 0 spiro atoms. The summed E-state index contributed by atoms with van der Waals surface area (Å²) in [5, 5.41) is 12.7. The van der Waals surface area contributed by atoms with Crippen molar-refractivity contribution in [3.8, 4) is 11.8 Å². The first-order chi connectivity index (χ1) is 15.3. The maximum absolute atomic E-state index is 12.8. The molecule has 0 aliphatic heterocycles. The number of nitrogens with zero attached hydrogens (tertiary/aromatic N) is 2. The van der Waals surface area contributed by atoms with E-state index in [1.807, 2.05) is 36.6 Å². The summed E-state index contributed by atoms with van der Waals surface area (Å²) in [6, 6.07) is 11.4. The maximum atomic E-state index is 12.8. The van der Waals surface area contributed by atoms with E-state index in [9.17, 15) is 14.9 Å². The van der Waals surface area contributed by atoms with Crippen LogP contribution in [0.15, 0.2) is 35.9 Å². The molecular weight excluding hydrogens is 402 g/mol. The number of carbonyl (C=O) groups excluding carboxylic acids is 2. The molecule has 1 amide bonds. The molecule has 32 heavy (non-hydrogen) atoms. The van der Waals surface area contributed by atoms with Gasteiger partial charge in [-0.3, -0.25) is 4.79 Å². The second kappa shape index (κ2) is 10.3. The molecule has 1 aromatic heterocycles. The van der Waals surface area contributed by atoms with Crippen molar-refractivity contribution in [3.05, 3.63) is 58.4 Å². The van der Waals surface area contributed by atoms with Crippen LogP contribution < -0.4 is 5.32 Å². The van der Waals surface area contributed by atoms with Gasteiger partial charge in [0.05, 0.1) is 12.2 Å². The van der Waals surface area contributed by atoms with E-state index in [2.05, 4.69) is 18.3 Å². The zero-order valence-corrected chi connectivity index (χ0v) is 19.3. The van der Waals surface area contributed by atoms with Crippen molar-refractivity contribution in [1.29, 1.82) is 5.26 Å². The zero-order chi connectivity index (χ0) is 23.3. The molecule has 1 N–H and O–H groups in total. The summed E-state index contributed by atoms with van der Waals surface area (Å²) in [6.07, 6.45) is 6.03. The number of nitrogens with one attached hydrogen (secondary N) is 1. The molecule has 1 aliphatic rings. The van der Waals surface area contributed by atoms with Crippen LogP contribution in [0.25, 0.3) is 11.8 Å². The largest absolute Gasteiger partial charge is 0.462 e. The van der Waals surface area contributed by atoms with Crippen LogP contribution >= 0.6 is 0 Å². The molecule has 1 aliphatic carbocycles.